The molecule has 0 radical (unpaired) electrons. The number of rotatable bonds is 3. The van der Waals surface area contributed by atoms with Crippen LogP contribution in [-0.4, -0.2) is 0 Å². The minimum absolute atomic E-state index is 1.01. The molecule has 1 fully saturated rings. The molecule has 0 aromatic carbocycles. The monoisotopic (exact) mass is 324 g/mol. The van der Waals surface area contributed by atoms with Crippen LogP contribution in [0.5, 0.6) is 0 Å². The third kappa shape index (κ3) is 33.8. The fourth-order valence-corrected chi connectivity index (χ4v) is 2.10. The molecule has 0 bridgehead atoms. The second-order valence-electron chi connectivity index (χ2n) is 6.13. The third-order valence-corrected chi connectivity index (χ3v) is 3.52. The molecule has 0 heterocycles. The zero-order valence-corrected chi connectivity index (χ0v) is 17.9. The Labute approximate surface area is 150 Å². The molecule has 1 aliphatic rings. The average molecular weight is 325 g/mol. The Morgan fingerprint density at radius 2 is 0.957 bits per heavy atom. The smallest absolute Gasteiger partial charge is 0.0289 e. The molecule has 140 valence electrons. The van der Waals surface area contributed by atoms with Crippen LogP contribution in [0.1, 0.15) is 100 Å². The van der Waals surface area contributed by atoms with Gasteiger partial charge in [-0.1, -0.05) is 84.8 Å². The van der Waals surface area contributed by atoms with E-state index in [1.807, 2.05) is 41.5 Å². The first kappa shape index (κ1) is 30.1. The summed E-state index contributed by atoms with van der Waals surface area (Å²) in [5, 5.41) is 0. The molecule has 1 rings (SSSR count). The van der Waals surface area contributed by atoms with E-state index in [2.05, 4.69) is 40.2 Å². The summed E-state index contributed by atoms with van der Waals surface area (Å²) < 4.78 is 0. The molecule has 0 heteroatoms. The molecule has 0 saturated heterocycles. The predicted molar refractivity (Wildman–Crippen MR) is 114 cm³/mol. The lowest BCUT2D eigenvalue weighted by molar-refractivity contribution is 0.476. The van der Waals surface area contributed by atoms with Gasteiger partial charge >= 0.3 is 0 Å². The molecule has 2 atom stereocenters. The van der Waals surface area contributed by atoms with Crippen molar-refractivity contribution in [3.63, 3.8) is 0 Å². The minimum atomic E-state index is 1.01. The Morgan fingerprint density at radius 1 is 0.696 bits per heavy atom. The molecule has 0 N–H and O–H groups in total. The highest BCUT2D eigenvalue weighted by molar-refractivity contribution is 4.96. The Hall–Kier alpha value is -0.780. The molecule has 0 spiro atoms. The van der Waals surface area contributed by atoms with Gasteiger partial charge in [0.2, 0.25) is 0 Å². The first-order valence-corrected chi connectivity index (χ1v) is 9.70. The zero-order valence-electron chi connectivity index (χ0n) is 17.9. The van der Waals surface area contributed by atoms with Gasteiger partial charge in [0, 0.05) is 0 Å². The first-order valence-electron chi connectivity index (χ1n) is 9.70. The molecule has 1 aliphatic carbocycles. The summed E-state index contributed by atoms with van der Waals surface area (Å²) >= 11 is 0. The van der Waals surface area contributed by atoms with Crippen molar-refractivity contribution in [2.24, 2.45) is 11.8 Å². The average Bonchev–Trinajstić information content (AvgIpc) is 2.76. The number of allylic oxidation sites excluding steroid dienone is 2. The summed E-state index contributed by atoms with van der Waals surface area (Å²) in [6.07, 6.45) is 9.56. The summed E-state index contributed by atoms with van der Waals surface area (Å²) in [5.41, 5.74) is 2.49. The van der Waals surface area contributed by atoms with Gasteiger partial charge < -0.3 is 0 Å². The lowest BCUT2D eigenvalue weighted by Crippen LogP contribution is -1.91. The van der Waals surface area contributed by atoms with Crippen LogP contribution in [-0.2, 0) is 0 Å². The molecular weight excluding hydrogens is 276 g/mol. The molecule has 0 amide bonds. The topological polar surface area (TPSA) is 0 Å². The van der Waals surface area contributed by atoms with Gasteiger partial charge in [0.15, 0.2) is 0 Å². The van der Waals surface area contributed by atoms with Gasteiger partial charge in [-0.05, 0) is 38.5 Å². The molecule has 0 aromatic heterocycles. The Morgan fingerprint density at radius 3 is 1.17 bits per heavy atom. The van der Waals surface area contributed by atoms with E-state index in [4.69, 9.17) is 0 Å². The molecule has 0 aliphatic heterocycles. The van der Waals surface area contributed by atoms with E-state index in [1.165, 1.54) is 43.3 Å². The summed E-state index contributed by atoms with van der Waals surface area (Å²) in [7, 11) is 0. The van der Waals surface area contributed by atoms with E-state index < -0.39 is 0 Å². The maximum absolute atomic E-state index is 3.79. The summed E-state index contributed by atoms with van der Waals surface area (Å²) in [6, 6.07) is 0. The highest BCUT2D eigenvalue weighted by Gasteiger charge is 2.11. The largest absolute Gasteiger partial charge is 0.106 e. The van der Waals surface area contributed by atoms with Gasteiger partial charge in [0.05, 0.1) is 0 Å². The van der Waals surface area contributed by atoms with Crippen LogP contribution in [0.25, 0.3) is 0 Å². The van der Waals surface area contributed by atoms with Crippen molar-refractivity contribution in [3.05, 3.63) is 37.5 Å². The number of hydrogen-bond acceptors (Lipinski definition) is 0. The van der Waals surface area contributed by atoms with Gasteiger partial charge in [-0.25, -0.2) is 0 Å². The maximum Gasteiger partial charge on any atom is -0.0289 e. The van der Waals surface area contributed by atoms with Crippen molar-refractivity contribution < 1.29 is 0 Å². The van der Waals surface area contributed by atoms with E-state index in [0.29, 0.717) is 0 Å². The SMILES string of the molecule is C=C.C=C(C)CCC(=C)C.CC.CC.CC1CCCC(C)CC1. The Kier molecular flexibility index (Phi) is 34.2. The molecule has 0 aromatic rings. The van der Waals surface area contributed by atoms with Gasteiger partial charge in [-0.3, -0.25) is 0 Å². The van der Waals surface area contributed by atoms with Gasteiger partial charge in [0.1, 0.15) is 0 Å². The summed E-state index contributed by atoms with van der Waals surface area (Å²) in [6.45, 7) is 30.4. The van der Waals surface area contributed by atoms with E-state index >= 15 is 0 Å². The molecule has 1 saturated carbocycles. The van der Waals surface area contributed by atoms with Crippen LogP contribution in [0.2, 0.25) is 0 Å². The lowest BCUT2D eigenvalue weighted by Gasteiger charge is -2.05. The van der Waals surface area contributed by atoms with Gasteiger partial charge in [-0.15, -0.1) is 26.3 Å². The standard InChI is InChI=1S/C9H18.C8H14.2C2H6.C2H4/c1-8-4-3-5-9(2)7-6-8;1-7(2)5-6-8(3)4;3*1-2/h8-9H,3-7H2,1-2H3;1,3,5-6H2,2,4H3;2*1-2H3;1-2H2. The van der Waals surface area contributed by atoms with Crippen LogP contribution in [0.3, 0.4) is 0 Å². The minimum Gasteiger partial charge on any atom is -0.106 e. The van der Waals surface area contributed by atoms with Gasteiger partial charge in [-0.2, -0.15) is 0 Å². The summed E-state index contributed by atoms with van der Waals surface area (Å²) in [5.74, 6) is 2.02. The van der Waals surface area contributed by atoms with Crippen molar-refractivity contribution >= 4 is 0 Å². The Bertz CT molecular complexity index is 212. The van der Waals surface area contributed by atoms with Gasteiger partial charge in [0.25, 0.3) is 0 Å². The second kappa shape index (κ2) is 26.1. The van der Waals surface area contributed by atoms with Crippen LogP contribution in [0.4, 0.5) is 0 Å². The fraction of sp³-hybridized carbons (Fsp3) is 0.739. The fourth-order valence-electron chi connectivity index (χ4n) is 2.10. The van der Waals surface area contributed by atoms with E-state index in [-0.39, 0.29) is 0 Å². The molecule has 23 heavy (non-hydrogen) atoms. The highest BCUT2D eigenvalue weighted by Crippen LogP contribution is 2.25. The lowest BCUT2D eigenvalue weighted by atomic mass is 10.0. The third-order valence-electron chi connectivity index (χ3n) is 3.52. The first-order chi connectivity index (χ1) is 10.9. The number of hydrogen-bond donors (Lipinski definition) is 0. The van der Waals surface area contributed by atoms with E-state index in [0.717, 1.165) is 24.7 Å². The quantitative estimate of drug-likeness (QED) is 0.359. The van der Waals surface area contributed by atoms with E-state index in [9.17, 15) is 0 Å². The van der Waals surface area contributed by atoms with E-state index in [1.54, 1.807) is 0 Å². The second-order valence-corrected chi connectivity index (χ2v) is 6.13. The van der Waals surface area contributed by atoms with Crippen molar-refractivity contribution in [2.75, 3.05) is 0 Å². The van der Waals surface area contributed by atoms with Crippen LogP contribution in [0, 0.1) is 11.8 Å². The van der Waals surface area contributed by atoms with Crippen LogP contribution < -0.4 is 0 Å². The van der Waals surface area contributed by atoms with Crippen molar-refractivity contribution in [2.45, 2.75) is 100 Å². The molecule has 2 unspecified atom stereocenters. The zero-order chi connectivity index (χ0) is 19.3. The maximum atomic E-state index is 3.79. The molecule has 0 nitrogen and oxygen atoms in total. The van der Waals surface area contributed by atoms with Crippen LogP contribution >= 0.6 is 0 Å². The van der Waals surface area contributed by atoms with Crippen molar-refractivity contribution in [3.8, 4) is 0 Å². The normalized spacial score (nSPS) is 18.6. The highest BCUT2D eigenvalue weighted by atomic mass is 14.2. The summed E-state index contributed by atoms with van der Waals surface area (Å²) in [4.78, 5) is 0. The van der Waals surface area contributed by atoms with Crippen LogP contribution in [0.15, 0.2) is 37.5 Å². The van der Waals surface area contributed by atoms with Crippen molar-refractivity contribution in [1.29, 1.82) is 0 Å². The predicted octanol–water partition coefficient (Wildman–Crippen LogP) is 9.00. The van der Waals surface area contributed by atoms with Crippen molar-refractivity contribution in [1.82, 2.24) is 0 Å². The Balaban J connectivity index is -0.000000119. The molecular formula is C23H48.